The van der Waals surface area contributed by atoms with Gasteiger partial charge in [0, 0.05) is 49.0 Å². The molecule has 0 saturated carbocycles. The second kappa shape index (κ2) is 18.5. The van der Waals surface area contributed by atoms with Crippen molar-refractivity contribution in [2.45, 2.75) is 43.7 Å². The number of benzene rings is 2. The normalized spacial score (nSPS) is 11.7. The molecule has 0 aliphatic heterocycles. The highest BCUT2D eigenvalue weighted by atomic mass is 35.5. The van der Waals surface area contributed by atoms with Gasteiger partial charge in [-0.3, -0.25) is 0 Å². The molecule has 0 radical (unpaired) electrons. The van der Waals surface area contributed by atoms with Crippen LogP contribution in [0.1, 0.15) is 31.9 Å². The summed E-state index contributed by atoms with van der Waals surface area (Å²) < 4.78 is 113. The molecule has 6 rings (SSSR count). The Morgan fingerprint density at radius 2 is 1.12 bits per heavy atom. The zero-order chi connectivity index (χ0) is 43.4. The number of rotatable bonds is 11. The minimum absolute atomic E-state index is 0. The van der Waals surface area contributed by atoms with Crippen LogP contribution in [-0.4, -0.2) is 74.7 Å². The molecular weight excluding hydrogens is 856 g/mol. The fourth-order valence-electron chi connectivity index (χ4n) is 5.86. The van der Waals surface area contributed by atoms with Crippen LogP contribution in [0.4, 0.5) is 22.4 Å². The van der Waals surface area contributed by atoms with E-state index >= 15 is 4.39 Å². The van der Waals surface area contributed by atoms with Gasteiger partial charge >= 0.3 is 6.09 Å². The number of hydrogen-bond donors (Lipinski definition) is 4. The lowest BCUT2D eigenvalue weighted by Gasteiger charge is -2.27. The Labute approximate surface area is 348 Å². The van der Waals surface area contributed by atoms with Crippen molar-refractivity contribution in [3.63, 3.8) is 0 Å². The van der Waals surface area contributed by atoms with Crippen molar-refractivity contribution in [2.24, 2.45) is 5.41 Å². The first-order valence-electron chi connectivity index (χ1n) is 17.4. The molecule has 6 aromatic rings. The molecule has 4 heterocycles. The fraction of sp³-hybridized carbons (Fsp3) is 0.205. The minimum atomic E-state index is -4.44. The van der Waals surface area contributed by atoms with E-state index in [0.717, 1.165) is 47.8 Å². The SMILES string of the molecule is CC(C)(C)CN(Cc1cn(S(=O)(=O)c2ccc(O)cc2)c(-c2cccnc2F)c1F)C(=O)O.CNCc1cn(S(=O)(=O)c2ccc(O)cc2)c(-c2cccnc2F)c1F.Cl. The topological polar surface area (TPSA) is 197 Å². The summed E-state index contributed by atoms with van der Waals surface area (Å²) in [4.78, 5) is 19.2. The average Bonchev–Trinajstić information content (AvgIpc) is 3.68. The molecule has 0 spiro atoms. The summed E-state index contributed by atoms with van der Waals surface area (Å²) in [5.74, 6) is -4.29. The molecule has 320 valence electrons. The first-order valence-corrected chi connectivity index (χ1v) is 20.3. The van der Waals surface area contributed by atoms with E-state index in [4.69, 9.17) is 0 Å². The molecule has 0 aliphatic rings. The van der Waals surface area contributed by atoms with Crippen molar-refractivity contribution < 1.29 is 54.5 Å². The number of phenols is 2. The number of hydrogen-bond acceptors (Lipinski definition) is 10. The summed E-state index contributed by atoms with van der Waals surface area (Å²) in [6.45, 7) is 5.06. The minimum Gasteiger partial charge on any atom is -0.508 e. The highest BCUT2D eigenvalue weighted by Crippen LogP contribution is 2.34. The van der Waals surface area contributed by atoms with Crippen LogP contribution in [0.2, 0.25) is 0 Å². The summed E-state index contributed by atoms with van der Waals surface area (Å²) >= 11 is 0. The van der Waals surface area contributed by atoms with Crippen LogP contribution < -0.4 is 5.32 Å². The van der Waals surface area contributed by atoms with E-state index in [0.29, 0.717) is 7.94 Å². The van der Waals surface area contributed by atoms with E-state index in [2.05, 4.69) is 15.3 Å². The predicted molar refractivity (Wildman–Crippen MR) is 214 cm³/mol. The van der Waals surface area contributed by atoms with Gasteiger partial charge in [0.2, 0.25) is 11.9 Å². The standard InChI is InChI=1S/C22H23F2N3O5S.C17H15F2N3O3S.ClH/c1-22(2,3)13-26(21(29)30)11-14-12-27(33(31,32)16-8-6-15(28)7-9-16)19(18(14)23)17-5-4-10-25-20(17)24;1-20-9-11-10-22(26(24,25)13-6-4-12(23)5-7-13)16(15(11)18)14-3-2-8-21-17(14)19;/h4-10,12,28H,11,13H2,1-3H3,(H,29,30);2-8,10,20,23H,9H2,1H3;1H. The molecule has 0 atom stereocenters. The third-order valence-corrected chi connectivity index (χ3v) is 11.8. The highest BCUT2D eigenvalue weighted by molar-refractivity contribution is 7.90. The van der Waals surface area contributed by atoms with E-state index < -0.39 is 78.6 Å². The smallest absolute Gasteiger partial charge is 0.407 e. The number of carboxylic acid groups (broad SMARTS) is 1. The number of aromatic hydroxyl groups is 2. The molecule has 0 fully saturated rings. The Morgan fingerprint density at radius 1 is 0.717 bits per heavy atom. The number of amides is 1. The molecule has 0 unspecified atom stereocenters. The van der Waals surface area contributed by atoms with Gasteiger partial charge in [-0.15, -0.1) is 12.4 Å². The molecular formula is C39H39ClF4N6O8S2. The third kappa shape index (κ3) is 10.1. The van der Waals surface area contributed by atoms with Crippen LogP contribution in [0.25, 0.3) is 22.5 Å². The largest absolute Gasteiger partial charge is 0.508 e. The number of carbonyl (C=O) groups is 1. The summed E-state index contributed by atoms with van der Waals surface area (Å²) in [6, 6.07) is 14.4. The van der Waals surface area contributed by atoms with Crippen LogP contribution in [0.3, 0.4) is 0 Å². The quantitative estimate of drug-likeness (QED) is 0.0758. The second-order valence-corrected chi connectivity index (χ2v) is 17.8. The van der Waals surface area contributed by atoms with Gasteiger partial charge in [0.1, 0.15) is 22.9 Å². The van der Waals surface area contributed by atoms with Gasteiger partial charge in [0.15, 0.2) is 11.6 Å². The van der Waals surface area contributed by atoms with Gasteiger partial charge in [0.25, 0.3) is 20.0 Å². The van der Waals surface area contributed by atoms with Gasteiger partial charge in [-0.25, -0.2) is 48.3 Å². The zero-order valence-corrected chi connectivity index (χ0v) is 34.7. The van der Waals surface area contributed by atoms with Crippen molar-refractivity contribution in [3.8, 4) is 34.0 Å². The maximum atomic E-state index is 15.6. The van der Waals surface area contributed by atoms with Gasteiger partial charge in [-0.2, -0.15) is 8.78 Å². The van der Waals surface area contributed by atoms with Gasteiger partial charge < -0.3 is 25.5 Å². The average molecular weight is 895 g/mol. The van der Waals surface area contributed by atoms with Crippen molar-refractivity contribution in [3.05, 3.63) is 132 Å². The lowest BCUT2D eigenvalue weighted by molar-refractivity contribution is 0.122. The Balaban J connectivity index is 0.000000267. The Bertz CT molecular complexity index is 2710. The highest BCUT2D eigenvalue weighted by Gasteiger charge is 2.31. The summed E-state index contributed by atoms with van der Waals surface area (Å²) in [6.07, 6.45) is 3.06. The molecule has 14 nitrogen and oxygen atoms in total. The molecule has 4 N–H and O–H groups in total. The molecule has 60 heavy (non-hydrogen) atoms. The van der Waals surface area contributed by atoms with Crippen LogP contribution in [0.15, 0.2) is 107 Å². The molecule has 21 heteroatoms. The fourth-order valence-corrected chi connectivity index (χ4v) is 8.64. The van der Waals surface area contributed by atoms with Crippen LogP contribution in [0.5, 0.6) is 11.5 Å². The number of nitrogens with zero attached hydrogens (tertiary/aromatic N) is 5. The number of pyridine rings is 2. The third-order valence-electron chi connectivity index (χ3n) is 8.45. The van der Waals surface area contributed by atoms with Crippen LogP contribution in [0, 0.1) is 28.9 Å². The Hall–Kier alpha value is -5.96. The first kappa shape index (κ1) is 46.7. The molecule has 0 aliphatic carbocycles. The number of halogens is 5. The predicted octanol–water partition coefficient (Wildman–Crippen LogP) is 7.21. The summed E-state index contributed by atoms with van der Waals surface area (Å²) in [5, 5.41) is 31.1. The molecule has 4 aromatic heterocycles. The Morgan fingerprint density at radius 3 is 1.48 bits per heavy atom. The van der Waals surface area contributed by atoms with Crippen molar-refractivity contribution in [1.82, 2.24) is 28.1 Å². The van der Waals surface area contributed by atoms with E-state index in [1.807, 2.05) is 0 Å². The lowest BCUT2D eigenvalue weighted by Crippen LogP contribution is -2.36. The zero-order valence-electron chi connectivity index (χ0n) is 32.2. The van der Waals surface area contributed by atoms with Crippen molar-refractivity contribution in [1.29, 1.82) is 0 Å². The van der Waals surface area contributed by atoms with Crippen molar-refractivity contribution >= 4 is 38.5 Å². The number of phenolic OH excluding ortho intramolecular Hbond substituents is 2. The van der Waals surface area contributed by atoms with Crippen LogP contribution in [-0.2, 0) is 33.1 Å². The molecule has 1 amide bonds. The lowest BCUT2D eigenvalue weighted by atomic mass is 9.96. The maximum absolute atomic E-state index is 15.6. The summed E-state index contributed by atoms with van der Waals surface area (Å²) in [5.41, 5.74) is -2.35. The van der Waals surface area contributed by atoms with E-state index in [1.54, 1.807) is 27.8 Å². The van der Waals surface area contributed by atoms with E-state index in [1.165, 1.54) is 54.7 Å². The molecule has 2 aromatic carbocycles. The van der Waals surface area contributed by atoms with Crippen molar-refractivity contribution in [2.75, 3.05) is 13.6 Å². The molecule has 0 bridgehead atoms. The summed E-state index contributed by atoms with van der Waals surface area (Å²) in [7, 11) is -7.09. The van der Waals surface area contributed by atoms with E-state index in [-0.39, 0.29) is 63.5 Å². The number of aromatic nitrogens is 4. The number of nitrogens with one attached hydrogen (secondary N) is 1. The van der Waals surface area contributed by atoms with Gasteiger partial charge in [-0.05, 0) is 85.3 Å². The monoisotopic (exact) mass is 894 g/mol. The second-order valence-electron chi connectivity index (χ2n) is 14.1. The van der Waals surface area contributed by atoms with Gasteiger partial charge in [-0.1, -0.05) is 20.8 Å². The van der Waals surface area contributed by atoms with E-state index in [9.17, 15) is 50.1 Å². The maximum Gasteiger partial charge on any atom is 0.407 e. The molecule has 0 saturated heterocycles. The van der Waals surface area contributed by atoms with Crippen LogP contribution >= 0.6 is 12.4 Å². The Kier molecular flexibility index (Phi) is 14.4. The first-order chi connectivity index (χ1) is 27.7. The van der Waals surface area contributed by atoms with Gasteiger partial charge in [0.05, 0.1) is 27.5 Å².